The Labute approximate surface area is 253 Å². The lowest BCUT2D eigenvalue weighted by Crippen LogP contribution is -2.29. The SMILES string of the molecule is COc1ccc(Oc2ccc(N3C(=S)NC(c4ccccn4)C3c3cc(C)n(-c4ccccc4Br)c3C)cc2)cc1. The normalized spacial score (nSPS) is 16.5. The maximum Gasteiger partial charge on any atom is 0.174 e. The van der Waals surface area contributed by atoms with Crippen LogP contribution in [0.4, 0.5) is 5.69 Å². The van der Waals surface area contributed by atoms with Gasteiger partial charge in [0.25, 0.3) is 0 Å². The number of methoxy groups -OCH3 is 1. The van der Waals surface area contributed by atoms with Crippen molar-refractivity contribution < 1.29 is 9.47 Å². The molecule has 2 atom stereocenters. The summed E-state index contributed by atoms with van der Waals surface area (Å²) in [6.07, 6.45) is 1.83. The van der Waals surface area contributed by atoms with Gasteiger partial charge < -0.3 is 24.3 Å². The highest BCUT2D eigenvalue weighted by Crippen LogP contribution is 2.44. The minimum absolute atomic E-state index is 0.117. The first-order chi connectivity index (χ1) is 19.9. The summed E-state index contributed by atoms with van der Waals surface area (Å²) in [5.74, 6) is 2.27. The number of benzene rings is 3. The van der Waals surface area contributed by atoms with E-state index in [0.29, 0.717) is 5.11 Å². The third-order valence-corrected chi connectivity index (χ3v) is 8.38. The van der Waals surface area contributed by atoms with E-state index >= 15 is 0 Å². The fraction of sp³-hybridized carbons (Fsp3) is 0.152. The molecule has 3 aromatic carbocycles. The van der Waals surface area contributed by atoms with Crippen LogP contribution < -0.4 is 19.7 Å². The lowest BCUT2D eigenvalue weighted by molar-refractivity contribution is 0.413. The van der Waals surface area contributed by atoms with Crippen molar-refractivity contribution in [2.75, 3.05) is 12.0 Å². The molecular formula is C33H29BrN4O2S. The first kappa shape index (κ1) is 27.1. The van der Waals surface area contributed by atoms with Crippen LogP contribution in [0.2, 0.25) is 0 Å². The Morgan fingerprint density at radius 3 is 2.17 bits per heavy atom. The fourth-order valence-electron chi connectivity index (χ4n) is 5.49. The van der Waals surface area contributed by atoms with Gasteiger partial charge in [0.05, 0.1) is 30.6 Å². The zero-order chi connectivity index (χ0) is 28.5. The minimum Gasteiger partial charge on any atom is -0.497 e. The summed E-state index contributed by atoms with van der Waals surface area (Å²) < 4.78 is 14.7. The molecule has 0 radical (unpaired) electrons. The van der Waals surface area contributed by atoms with Crippen LogP contribution in [0.15, 0.2) is 108 Å². The van der Waals surface area contributed by atoms with Crippen LogP contribution in [-0.2, 0) is 0 Å². The van der Waals surface area contributed by atoms with Gasteiger partial charge in [-0.05, 0) is 126 Å². The van der Waals surface area contributed by atoms with Crippen LogP contribution in [-0.4, -0.2) is 21.8 Å². The number of nitrogens with one attached hydrogen (secondary N) is 1. The molecule has 0 saturated carbocycles. The van der Waals surface area contributed by atoms with Crippen LogP contribution >= 0.6 is 28.1 Å². The summed E-state index contributed by atoms with van der Waals surface area (Å²) in [5.41, 5.74) is 6.48. The molecule has 1 aliphatic heterocycles. The molecule has 0 amide bonds. The van der Waals surface area contributed by atoms with E-state index in [2.05, 4.69) is 74.9 Å². The monoisotopic (exact) mass is 624 g/mol. The number of anilines is 1. The molecule has 1 N–H and O–H groups in total. The average molecular weight is 626 g/mol. The van der Waals surface area contributed by atoms with E-state index < -0.39 is 0 Å². The number of aryl methyl sites for hydroxylation is 1. The highest BCUT2D eigenvalue weighted by molar-refractivity contribution is 9.10. The lowest BCUT2D eigenvalue weighted by Gasteiger charge is -2.28. The third-order valence-electron chi connectivity index (χ3n) is 7.39. The Bertz CT molecular complexity index is 1690. The molecule has 0 bridgehead atoms. The zero-order valence-electron chi connectivity index (χ0n) is 22.9. The summed E-state index contributed by atoms with van der Waals surface area (Å²) >= 11 is 9.71. The van der Waals surface area contributed by atoms with Gasteiger partial charge in [-0.2, -0.15) is 0 Å². The van der Waals surface area contributed by atoms with Crippen molar-refractivity contribution in [3.8, 4) is 22.9 Å². The number of rotatable bonds is 7. The number of hydrogen-bond donors (Lipinski definition) is 1. The second-order valence-electron chi connectivity index (χ2n) is 9.88. The number of thiocarbonyl (C=S) groups is 1. The Balaban J connectivity index is 1.39. The van der Waals surface area contributed by atoms with Gasteiger partial charge in [0.15, 0.2) is 5.11 Å². The molecule has 206 valence electrons. The molecule has 6 nitrogen and oxygen atoms in total. The molecule has 1 aliphatic rings. The number of pyridine rings is 1. The van der Waals surface area contributed by atoms with E-state index in [4.69, 9.17) is 26.7 Å². The molecule has 6 rings (SSSR count). The molecular weight excluding hydrogens is 596 g/mol. The predicted molar refractivity (Wildman–Crippen MR) is 170 cm³/mol. The molecule has 2 aromatic heterocycles. The maximum absolute atomic E-state index is 6.08. The molecule has 0 aliphatic carbocycles. The van der Waals surface area contributed by atoms with Crippen molar-refractivity contribution in [2.24, 2.45) is 0 Å². The molecule has 1 fully saturated rings. The van der Waals surface area contributed by atoms with E-state index in [-0.39, 0.29) is 12.1 Å². The van der Waals surface area contributed by atoms with E-state index in [1.165, 1.54) is 5.56 Å². The Kier molecular flexibility index (Phi) is 7.51. The van der Waals surface area contributed by atoms with Crippen LogP contribution in [0.1, 0.15) is 34.7 Å². The minimum atomic E-state index is -0.132. The second-order valence-corrected chi connectivity index (χ2v) is 11.1. The van der Waals surface area contributed by atoms with Crippen LogP contribution in [0.3, 0.4) is 0 Å². The van der Waals surface area contributed by atoms with Crippen LogP contribution in [0, 0.1) is 13.8 Å². The Morgan fingerprint density at radius 2 is 1.51 bits per heavy atom. The number of ether oxygens (including phenoxy) is 2. The van der Waals surface area contributed by atoms with Crippen LogP contribution in [0.5, 0.6) is 17.2 Å². The highest BCUT2D eigenvalue weighted by Gasteiger charge is 2.42. The summed E-state index contributed by atoms with van der Waals surface area (Å²) in [4.78, 5) is 6.90. The molecule has 0 spiro atoms. The zero-order valence-corrected chi connectivity index (χ0v) is 25.3. The van der Waals surface area contributed by atoms with E-state index in [0.717, 1.165) is 50.2 Å². The smallest absolute Gasteiger partial charge is 0.174 e. The maximum atomic E-state index is 6.08. The van der Waals surface area contributed by atoms with E-state index in [1.807, 2.05) is 72.9 Å². The molecule has 5 aromatic rings. The first-order valence-corrected chi connectivity index (χ1v) is 14.5. The number of halogens is 1. The van der Waals surface area contributed by atoms with Gasteiger partial charge in [-0.3, -0.25) is 4.98 Å². The van der Waals surface area contributed by atoms with Crippen molar-refractivity contribution in [1.29, 1.82) is 0 Å². The standard InChI is InChI=1S/C33H29BrN4O2S/c1-21-20-27(22(2)37(21)30-10-5-4-8-28(30)34)32-31(29-9-6-7-19-35-29)36-33(41)38(32)23-11-13-25(14-12-23)40-26-17-15-24(39-3)16-18-26/h4-20,31-32H,1-3H3,(H,36,41). The summed E-state index contributed by atoms with van der Waals surface area (Å²) in [6, 6.07) is 31.9. The van der Waals surface area contributed by atoms with Crippen molar-refractivity contribution >= 4 is 38.9 Å². The first-order valence-electron chi connectivity index (χ1n) is 13.3. The molecule has 41 heavy (non-hydrogen) atoms. The van der Waals surface area contributed by atoms with Gasteiger partial charge >= 0.3 is 0 Å². The average Bonchev–Trinajstić information content (AvgIpc) is 3.49. The molecule has 2 unspecified atom stereocenters. The number of nitrogens with zero attached hydrogens (tertiary/aromatic N) is 3. The summed E-state index contributed by atoms with van der Waals surface area (Å²) in [6.45, 7) is 4.31. The Morgan fingerprint density at radius 1 is 0.854 bits per heavy atom. The summed E-state index contributed by atoms with van der Waals surface area (Å²) in [5, 5.41) is 4.23. The van der Waals surface area contributed by atoms with Crippen molar-refractivity contribution in [3.05, 3.63) is 130 Å². The van der Waals surface area contributed by atoms with Gasteiger partial charge in [0.1, 0.15) is 17.2 Å². The fourth-order valence-corrected chi connectivity index (χ4v) is 6.30. The topological polar surface area (TPSA) is 51.6 Å². The molecule has 3 heterocycles. The summed E-state index contributed by atoms with van der Waals surface area (Å²) in [7, 11) is 1.65. The number of hydrogen-bond acceptors (Lipinski definition) is 4. The Hall–Kier alpha value is -4.14. The van der Waals surface area contributed by atoms with Crippen molar-refractivity contribution in [2.45, 2.75) is 25.9 Å². The second kappa shape index (κ2) is 11.4. The van der Waals surface area contributed by atoms with Crippen molar-refractivity contribution in [1.82, 2.24) is 14.9 Å². The number of aromatic nitrogens is 2. The van der Waals surface area contributed by atoms with E-state index in [1.54, 1.807) is 7.11 Å². The van der Waals surface area contributed by atoms with Gasteiger partial charge in [-0.15, -0.1) is 0 Å². The molecule has 1 saturated heterocycles. The highest BCUT2D eigenvalue weighted by atomic mass is 79.9. The quantitative estimate of drug-likeness (QED) is 0.184. The van der Waals surface area contributed by atoms with Crippen molar-refractivity contribution in [3.63, 3.8) is 0 Å². The molecule has 8 heteroatoms. The van der Waals surface area contributed by atoms with Crippen LogP contribution in [0.25, 0.3) is 5.69 Å². The predicted octanol–water partition coefficient (Wildman–Crippen LogP) is 8.23. The lowest BCUT2D eigenvalue weighted by atomic mass is 9.96. The number of para-hydroxylation sites is 1. The van der Waals surface area contributed by atoms with Gasteiger partial charge in [-0.1, -0.05) is 18.2 Å². The van der Waals surface area contributed by atoms with Gasteiger partial charge in [-0.25, -0.2) is 0 Å². The van der Waals surface area contributed by atoms with Gasteiger partial charge in [0, 0.05) is 27.7 Å². The largest absolute Gasteiger partial charge is 0.497 e. The van der Waals surface area contributed by atoms with E-state index in [9.17, 15) is 0 Å². The third kappa shape index (κ3) is 5.21. The van der Waals surface area contributed by atoms with Gasteiger partial charge in [0.2, 0.25) is 0 Å².